The summed E-state index contributed by atoms with van der Waals surface area (Å²) in [6, 6.07) is 12.8. The molecule has 2 aromatic heterocycles. The molecule has 8 nitrogen and oxygen atoms in total. The minimum absolute atomic E-state index is 0.0442. The van der Waals surface area contributed by atoms with E-state index in [-0.39, 0.29) is 23.7 Å². The van der Waals surface area contributed by atoms with Crippen molar-refractivity contribution < 1.29 is 26.8 Å². The second-order valence-electron chi connectivity index (χ2n) is 6.33. The minimum Gasteiger partial charge on any atom is -0.468 e. The first-order valence-corrected chi connectivity index (χ1v) is 10.3. The van der Waals surface area contributed by atoms with E-state index < -0.39 is 26.9 Å². The summed E-state index contributed by atoms with van der Waals surface area (Å²) in [5.41, 5.74) is 0.917. The van der Waals surface area contributed by atoms with E-state index in [4.69, 9.17) is 8.83 Å². The molecular weight excluding hydrogens is 396 g/mol. The number of carbonyl (C=O) groups excluding carboxylic acids is 2. The summed E-state index contributed by atoms with van der Waals surface area (Å²) in [5.74, 6) is -1.19. The van der Waals surface area contributed by atoms with E-state index >= 15 is 0 Å². The van der Waals surface area contributed by atoms with Gasteiger partial charge in [-0.2, -0.15) is 0 Å². The zero-order chi connectivity index (χ0) is 20.9. The van der Waals surface area contributed by atoms with Crippen LogP contribution in [0.2, 0.25) is 0 Å². The molecule has 29 heavy (non-hydrogen) atoms. The number of benzene rings is 1. The summed E-state index contributed by atoms with van der Waals surface area (Å²) in [4.78, 5) is 24.2. The highest BCUT2D eigenvalue weighted by Gasteiger charge is 2.32. The quantitative estimate of drug-likeness (QED) is 0.570. The van der Waals surface area contributed by atoms with E-state index in [0.717, 1.165) is 5.56 Å². The number of carbonyl (C=O) groups is 2. The SMILES string of the molecule is Cc1ccc(S(=O)(=O)[C@@H](CNC(=O)C(=O)NCc2ccco2)c2ccco2)cc1. The van der Waals surface area contributed by atoms with Gasteiger partial charge in [0.1, 0.15) is 16.8 Å². The Kier molecular flexibility index (Phi) is 6.18. The smallest absolute Gasteiger partial charge is 0.309 e. The zero-order valence-electron chi connectivity index (χ0n) is 15.6. The molecule has 0 aliphatic rings. The third-order valence-electron chi connectivity index (χ3n) is 4.24. The molecule has 9 heteroatoms. The molecule has 152 valence electrons. The second kappa shape index (κ2) is 8.78. The molecular formula is C20H20N2O6S. The van der Waals surface area contributed by atoms with Crippen molar-refractivity contribution in [2.24, 2.45) is 0 Å². The van der Waals surface area contributed by atoms with Crippen molar-refractivity contribution in [3.05, 3.63) is 78.1 Å². The van der Waals surface area contributed by atoms with Crippen LogP contribution < -0.4 is 10.6 Å². The van der Waals surface area contributed by atoms with Crippen LogP contribution in [0.25, 0.3) is 0 Å². The van der Waals surface area contributed by atoms with E-state index in [0.29, 0.717) is 5.76 Å². The van der Waals surface area contributed by atoms with Crippen molar-refractivity contribution in [3.63, 3.8) is 0 Å². The van der Waals surface area contributed by atoms with Gasteiger partial charge in [-0.3, -0.25) is 9.59 Å². The molecule has 1 aromatic carbocycles. The van der Waals surface area contributed by atoms with Crippen molar-refractivity contribution >= 4 is 21.7 Å². The van der Waals surface area contributed by atoms with Crippen molar-refractivity contribution in [3.8, 4) is 0 Å². The maximum Gasteiger partial charge on any atom is 0.309 e. The minimum atomic E-state index is -3.87. The third-order valence-corrected chi connectivity index (χ3v) is 6.32. The summed E-state index contributed by atoms with van der Waals surface area (Å²) in [5, 5.41) is 3.59. The van der Waals surface area contributed by atoms with Crippen LogP contribution in [0.5, 0.6) is 0 Å². The molecule has 0 saturated heterocycles. The third kappa shape index (κ3) is 4.94. The van der Waals surface area contributed by atoms with E-state index in [1.54, 1.807) is 30.3 Å². The lowest BCUT2D eigenvalue weighted by Gasteiger charge is -2.16. The number of aryl methyl sites for hydroxylation is 1. The Morgan fingerprint density at radius 3 is 2.21 bits per heavy atom. The molecule has 2 amide bonds. The van der Waals surface area contributed by atoms with E-state index in [9.17, 15) is 18.0 Å². The van der Waals surface area contributed by atoms with E-state index in [1.165, 1.54) is 30.7 Å². The van der Waals surface area contributed by atoms with Crippen molar-refractivity contribution in [1.29, 1.82) is 0 Å². The average Bonchev–Trinajstić information content (AvgIpc) is 3.40. The number of furan rings is 2. The molecule has 0 unspecified atom stereocenters. The molecule has 3 aromatic rings. The normalized spacial score (nSPS) is 12.3. The maximum atomic E-state index is 13.1. The van der Waals surface area contributed by atoms with Gasteiger partial charge < -0.3 is 19.5 Å². The molecule has 1 atom stereocenters. The van der Waals surface area contributed by atoms with Gasteiger partial charge in [0.05, 0.1) is 24.0 Å². The van der Waals surface area contributed by atoms with Gasteiger partial charge in [0.25, 0.3) is 0 Å². The molecule has 3 rings (SSSR count). The summed E-state index contributed by atoms with van der Waals surface area (Å²) in [6.07, 6.45) is 2.80. The highest BCUT2D eigenvalue weighted by molar-refractivity contribution is 7.91. The summed E-state index contributed by atoms with van der Waals surface area (Å²) in [7, 11) is -3.87. The van der Waals surface area contributed by atoms with Crippen LogP contribution in [0.15, 0.2) is 74.8 Å². The number of sulfone groups is 1. The molecule has 0 radical (unpaired) electrons. The Morgan fingerprint density at radius 2 is 1.59 bits per heavy atom. The van der Waals surface area contributed by atoms with Crippen molar-refractivity contribution in [1.82, 2.24) is 10.6 Å². The number of nitrogens with one attached hydrogen (secondary N) is 2. The highest BCUT2D eigenvalue weighted by atomic mass is 32.2. The van der Waals surface area contributed by atoms with E-state index in [2.05, 4.69) is 10.6 Å². The number of amides is 2. The molecule has 0 bridgehead atoms. The summed E-state index contributed by atoms with van der Waals surface area (Å²) < 4.78 is 36.5. The average molecular weight is 416 g/mol. The zero-order valence-corrected chi connectivity index (χ0v) is 16.4. The van der Waals surface area contributed by atoms with Gasteiger partial charge in [-0.15, -0.1) is 0 Å². The molecule has 0 aliphatic carbocycles. The van der Waals surface area contributed by atoms with Gasteiger partial charge in [-0.1, -0.05) is 17.7 Å². The van der Waals surface area contributed by atoms with Gasteiger partial charge in [-0.25, -0.2) is 8.42 Å². The topological polar surface area (TPSA) is 119 Å². The highest BCUT2D eigenvalue weighted by Crippen LogP contribution is 2.29. The standard InChI is InChI=1S/C20H20N2O6S/c1-14-6-8-16(9-7-14)29(25,26)18(17-5-3-11-28-17)13-22-20(24)19(23)21-12-15-4-2-10-27-15/h2-11,18H,12-13H2,1H3,(H,21,23)(H,22,24)/t18-/m0/s1. The van der Waals surface area contributed by atoms with Gasteiger partial charge in [0.2, 0.25) is 0 Å². The fraction of sp³-hybridized carbons (Fsp3) is 0.200. The van der Waals surface area contributed by atoms with Crippen LogP contribution in [0.1, 0.15) is 22.3 Å². The Balaban J connectivity index is 1.70. The molecule has 0 saturated carbocycles. The van der Waals surface area contributed by atoms with Crippen LogP contribution in [0, 0.1) is 6.92 Å². The Bertz CT molecular complexity index is 1050. The Hall–Kier alpha value is -3.33. The number of rotatable bonds is 7. The lowest BCUT2D eigenvalue weighted by molar-refractivity contribution is -0.139. The molecule has 0 fully saturated rings. The first-order chi connectivity index (χ1) is 13.9. The maximum absolute atomic E-state index is 13.1. The van der Waals surface area contributed by atoms with Crippen LogP contribution in [0.3, 0.4) is 0 Å². The van der Waals surface area contributed by atoms with Gasteiger partial charge in [-0.05, 0) is 43.3 Å². The second-order valence-corrected chi connectivity index (χ2v) is 8.46. The molecule has 2 heterocycles. The van der Waals surface area contributed by atoms with Crippen LogP contribution in [0.4, 0.5) is 0 Å². The Labute approximate surface area is 167 Å². The van der Waals surface area contributed by atoms with Gasteiger partial charge >= 0.3 is 11.8 Å². The first kappa shape index (κ1) is 20.4. The fourth-order valence-electron chi connectivity index (χ4n) is 2.66. The van der Waals surface area contributed by atoms with Crippen LogP contribution in [-0.4, -0.2) is 26.8 Å². The molecule has 0 spiro atoms. The summed E-state index contributed by atoms with van der Waals surface area (Å²) >= 11 is 0. The lowest BCUT2D eigenvalue weighted by atomic mass is 10.2. The monoisotopic (exact) mass is 416 g/mol. The first-order valence-electron chi connectivity index (χ1n) is 8.80. The van der Waals surface area contributed by atoms with Crippen molar-refractivity contribution in [2.75, 3.05) is 6.54 Å². The summed E-state index contributed by atoms with van der Waals surface area (Å²) in [6.45, 7) is 1.57. The predicted molar refractivity (Wildman–Crippen MR) is 103 cm³/mol. The number of hydrogen-bond acceptors (Lipinski definition) is 6. The molecule has 0 aliphatic heterocycles. The fourth-order valence-corrected chi connectivity index (χ4v) is 4.24. The Morgan fingerprint density at radius 1 is 0.931 bits per heavy atom. The van der Waals surface area contributed by atoms with Gasteiger partial charge in [0, 0.05) is 6.54 Å². The van der Waals surface area contributed by atoms with Crippen LogP contribution >= 0.6 is 0 Å². The van der Waals surface area contributed by atoms with Crippen LogP contribution in [-0.2, 0) is 26.0 Å². The van der Waals surface area contributed by atoms with Gasteiger partial charge in [0.15, 0.2) is 9.84 Å². The lowest BCUT2D eigenvalue weighted by Crippen LogP contribution is -2.42. The van der Waals surface area contributed by atoms with E-state index in [1.807, 2.05) is 6.92 Å². The predicted octanol–water partition coefficient (Wildman–Crippen LogP) is 2.13. The molecule has 2 N–H and O–H groups in total. The largest absolute Gasteiger partial charge is 0.468 e. The number of hydrogen-bond donors (Lipinski definition) is 2. The van der Waals surface area contributed by atoms with Crippen molar-refractivity contribution in [2.45, 2.75) is 23.6 Å².